The lowest BCUT2D eigenvalue weighted by atomic mass is 10.0. The van der Waals surface area contributed by atoms with E-state index >= 15 is 0 Å². The first-order valence-electron chi connectivity index (χ1n) is 8.06. The minimum Gasteiger partial charge on any atom is -0.481 e. The van der Waals surface area contributed by atoms with E-state index in [1.54, 1.807) is 17.0 Å². The van der Waals surface area contributed by atoms with E-state index in [-0.39, 0.29) is 18.3 Å². The summed E-state index contributed by atoms with van der Waals surface area (Å²) >= 11 is 3.56. The molecule has 0 saturated carbocycles. The maximum Gasteiger partial charge on any atom is 0.260 e. The molecule has 0 aliphatic carbocycles. The van der Waals surface area contributed by atoms with Gasteiger partial charge in [0, 0.05) is 40.6 Å². The van der Waals surface area contributed by atoms with Crippen molar-refractivity contribution in [2.75, 3.05) is 13.2 Å². The topological polar surface area (TPSA) is 45.3 Å². The molecular formula is C19H16BrFN2O2. The summed E-state index contributed by atoms with van der Waals surface area (Å²) in [4.78, 5) is 17.7. The molecule has 1 amide bonds. The highest BCUT2D eigenvalue weighted by Crippen LogP contribution is 2.31. The standard InChI is InChI=1S/C19H16BrFN2O2/c20-14-5-3-4-12-13-10-23(9-8-16(13)22-19(12)14)18(24)11-25-17-7-2-1-6-15(17)21/h1-7,22H,8-11H2. The van der Waals surface area contributed by atoms with Gasteiger partial charge in [-0.25, -0.2) is 4.39 Å². The summed E-state index contributed by atoms with van der Waals surface area (Å²) in [6.07, 6.45) is 0.766. The number of hydrogen-bond acceptors (Lipinski definition) is 2. The SMILES string of the molecule is O=C(COc1ccccc1F)N1CCc2[nH]c3c(Br)cccc3c2C1. The fourth-order valence-corrected chi connectivity index (χ4v) is 3.67. The lowest BCUT2D eigenvalue weighted by Crippen LogP contribution is -2.38. The van der Waals surface area contributed by atoms with Gasteiger partial charge in [0.1, 0.15) is 0 Å². The molecule has 0 radical (unpaired) electrons. The average Bonchev–Trinajstić information content (AvgIpc) is 3.00. The summed E-state index contributed by atoms with van der Waals surface area (Å²) in [6.45, 7) is 0.991. The van der Waals surface area contributed by atoms with Crippen LogP contribution >= 0.6 is 15.9 Å². The number of carbonyl (C=O) groups is 1. The Bertz CT molecular complexity index is 954. The van der Waals surface area contributed by atoms with E-state index in [1.165, 1.54) is 17.8 Å². The van der Waals surface area contributed by atoms with Gasteiger partial charge in [-0.2, -0.15) is 0 Å². The normalized spacial score (nSPS) is 13.8. The second-order valence-electron chi connectivity index (χ2n) is 6.03. The van der Waals surface area contributed by atoms with Crippen LogP contribution in [0.1, 0.15) is 11.3 Å². The van der Waals surface area contributed by atoms with Crippen LogP contribution in [0, 0.1) is 5.82 Å². The minimum absolute atomic E-state index is 0.101. The minimum atomic E-state index is -0.460. The molecule has 0 saturated heterocycles. The first-order chi connectivity index (χ1) is 12.1. The largest absolute Gasteiger partial charge is 0.481 e. The number of aromatic nitrogens is 1. The van der Waals surface area contributed by atoms with Crippen LogP contribution in [0.3, 0.4) is 0 Å². The highest BCUT2D eigenvalue weighted by Gasteiger charge is 2.24. The number of nitrogens with one attached hydrogen (secondary N) is 1. The number of carbonyl (C=O) groups excluding carboxylic acids is 1. The average molecular weight is 403 g/mol. The number of para-hydroxylation sites is 2. The molecule has 2 heterocycles. The number of rotatable bonds is 3. The zero-order valence-corrected chi connectivity index (χ0v) is 15.0. The summed E-state index contributed by atoms with van der Waals surface area (Å²) in [7, 11) is 0. The lowest BCUT2D eigenvalue weighted by molar-refractivity contribution is -0.134. The number of hydrogen-bond donors (Lipinski definition) is 1. The van der Waals surface area contributed by atoms with Crippen LogP contribution in [-0.4, -0.2) is 28.9 Å². The Kier molecular flexibility index (Phi) is 4.21. The van der Waals surface area contributed by atoms with E-state index in [0.29, 0.717) is 13.1 Å². The first-order valence-corrected chi connectivity index (χ1v) is 8.86. The molecule has 1 aliphatic rings. The molecule has 3 aromatic rings. The second-order valence-corrected chi connectivity index (χ2v) is 6.88. The highest BCUT2D eigenvalue weighted by atomic mass is 79.9. The van der Waals surface area contributed by atoms with Gasteiger partial charge in [0.05, 0.1) is 5.52 Å². The van der Waals surface area contributed by atoms with Gasteiger partial charge in [-0.3, -0.25) is 4.79 Å². The zero-order valence-electron chi connectivity index (χ0n) is 13.4. The predicted octanol–water partition coefficient (Wildman–Crippen LogP) is 4.03. The van der Waals surface area contributed by atoms with Crippen molar-refractivity contribution in [1.82, 2.24) is 9.88 Å². The van der Waals surface area contributed by atoms with Crippen LogP contribution in [0.15, 0.2) is 46.9 Å². The van der Waals surface area contributed by atoms with Gasteiger partial charge in [0.15, 0.2) is 18.2 Å². The number of benzene rings is 2. The van der Waals surface area contributed by atoms with Crippen LogP contribution in [0.4, 0.5) is 4.39 Å². The van der Waals surface area contributed by atoms with Gasteiger partial charge in [0.2, 0.25) is 0 Å². The van der Waals surface area contributed by atoms with E-state index in [4.69, 9.17) is 4.74 Å². The maximum atomic E-state index is 13.6. The molecule has 0 bridgehead atoms. The molecular weight excluding hydrogens is 387 g/mol. The third kappa shape index (κ3) is 3.02. The third-order valence-corrected chi connectivity index (χ3v) is 5.16. The Morgan fingerprint density at radius 1 is 1.24 bits per heavy atom. The number of H-pyrrole nitrogens is 1. The monoisotopic (exact) mass is 402 g/mol. The predicted molar refractivity (Wildman–Crippen MR) is 97.0 cm³/mol. The summed E-state index contributed by atoms with van der Waals surface area (Å²) in [6, 6.07) is 12.1. The van der Waals surface area contributed by atoms with Gasteiger partial charge >= 0.3 is 0 Å². The molecule has 1 aliphatic heterocycles. The van der Waals surface area contributed by atoms with Crippen LogP contribution < -0.4 is 4.74 Å². The number of ether oxygens (including phenoxy) is 1. The number of halogens is 2. The van der Waals surface area contributed by atoms with E-state index in [2.05, 4.69) is 27.0 Å². The van der Waals surface area contributed by atoms with E-state index in [9.17, 15) is 9.18 Å². The van der Waals surface area contributed by atoms with E-state index in [1.807, 2.05) is 12.1 Å². The number of aromatic amines is 1. The summed E-state index contributed by atoms with van der Waals surface area (Å²) in [5.74, 6) is -0.500. The molecule has 2 aromatic carbocycles. The third-order valence-electron chi connectivity index (χ3n) is 4.50. The molecule has 1 aromatic heterocycles. The number of fused-ring (bicyclic) bond motifs is 3. The second kappa shape index (κ2) is 6.52. The van der Waals surface area contributed by atoms with Gasteiger partial charge < -0.3 is 14.6 Å². The van der Waals surface area contributed by atoms with Crippen LogP contribution in [0.25, 0.3) is 10.9 Å². The molecule has 25 heavy (non-hydrogen) atoms. The number of nitrogens with zero attached hydrogens (tertiary/aromatic N) is 1. The van der Waals surface area contributed by atoms with Crippen molar-refractivity contribution in [3.8, 4) is 5.75 Å². The molecule has 4 rings (SSSR count). The molecule has 0 spiro atoms. The van der Waals surface area contributed by atoms with Crippen molar-refractivity contribution in [3.63, 3.8) is 0 Å². The lowest BCUT2D eigenvalue weighted by Gasteiger charge is -2.27. The molecule has 0 atom stereocenters. The molecule has 0 fully saturated rings. The van der Waals surface area contributed by atoms with Gasteiger partial charge in [0.25, 0.3) is 5.91 Å². The fraction of sp³-hybridized carbons (Fsp3) is 0.211. The van der Waals surface area contributed by atoms with Crippen LogP contribution in [0.2, 0.25) is 0 Å². The Morgan fingerprint density at radius 3 is 2.92 bits per heavy atom. The van der Waals surface area contributed by atoms with E-state index < -0.39 is 5.82 Å². The van der Waals surface area contributed by atoms with Crippen LogP contribution in [-0.2, 0) is 17.8 Å². The Hall–Kier alpha value is -2.34. The summed E-state index contributed by atoms with van der Waals surface area (Å²) in [5.41, 5.74) is 3.37. The molecule has 128 valence electrons. The van der Waals surface area contributed by atoms with Gasteiger partial charge in [-0.1, -0.05) is 24.3 Å². The maximum absolute atomic E-state index is 13.6. The summed E-state index contributed by atoms with van der Waals surface area (Å²) in [5, 5.41) is 1.12. The molecule has 1 N–H and O–H groups in total. The van der Waals surface area contributed by atoms with Crippen molar-refractivity contribution in [2.24, 2.45) is 0 Å². The van der Waals surface area contributed by atoms with Crippen molar-refractivity contribution in [3.05, 3.63) is 64.0 Å². The Balaban J connectivity index is 1.50. The number of amides is 1. The van der Waals surface area contributed by atoms with Crippen molar-refractivity contribution >= 4 is 32.7 Å². The van der Waals surface area contributed by atoms with Gasteiger partial charge in [-0.15, -0.1) is 0 Å². The van der Waals surface area contributed by atoms with E-state index in [0.717, 1.165) is 27.4 Å². The summed E-state index contributed by atoms with van der Waals surface area (Å²) < 4.78 is 20.0. The van der Waals surface area contributed by atoms with Crippen molar-refractivity contribution < 1.29 is 13.9 Å². The Labute approximate surface area is 152 Å². The molecule has 4 nitrogen and oxygen atoms in total. The first kappa shape index (κ1) is 16.1. The van der Waals surface area contributed by atoms with Crippen LogP contribution in [0.5, 0.6) is 5.75 Å². The van der Waals surface area contributed by atoms with Crippen molar-refractivity contribution in [1.29, 1.82) is 0 Å². The quantitative estimate of drug-likeness (QED) is 0.718. The molecule has 6 heteroatoms. The fourth-order valence-electron chi connectivity index (χ4n) is 3.21. The highest BCUT2D eigenvalue weighted by molar-refractivity contribution is 9.10. The Morgan fingerprint density at radius 2 is 2.08 bits per heavy atom. The van der Waals surface area contributed by atoms with Gasteiger partial charge in [-0.05, 0) is 34.1 Å². The van der Waals surface area contributed by atoms with Crippen molar-refractivity contribution in [2.45, 2.75) is 13.0 Å². The zero-order chi connectivity index (χ0) is 17.4. The smallest absolute Gasteiger partial charge is 0.260 e. The molecule has 0 unspecified atom stereocenters.